The number of alkyl carbamates (subject to hydrolysis) is 1. The number of nitrogens with one attached hydrogen (secondary N) is 2. The van der Waals surface area contributed by atoms with Gasteiger partial charge in [0.05, 0.1) is 5.69 Å². The SMILES string of the molecule is Cc1cccc(NC(=O)C2CCC(CNC(=O)OC(C)(C)C)CC2)c1O. The lowest BCUT2D eigenvalue weighted by Crippen LogP contribution is -2.37. The van der Waals surface area contributed by atoms with E-state index in [9.17, 15) is 14.7 Å². The van der Waals surface area contributed by atoms with Crippen LogP contribution in [0.4, 0.5) is 10.5 Å². The van der Waals surface area contributed by atoms with Crippen molar-refractivity contribution in [1.29, 1.82) is 0 Å². The number of ether oxygens (including phenoxy) is 1. The fourth-order valence-electron chi connectivity index (χ4n) is 3.17. The van der Waals surface area contributed by atoms with Crippen molar-refractivity contribution in [2.75, 3.05) is 11.9 Å². The predicted molar refractivity (Wildman–Crippen MR) is 101 cm³/mol. The van der Waals surface area contributed by atoms with Crippen molar-refractivity contribution >= 4 is 17.7 Å². The second-order valence-corrected chi connectivity index (χ2v) is 8.06. The van der Waals surface area contributed by atoms with Crippen LogP contribution in [0.1, 0.15) is 52.0 Å². The van der Waals surface area contributed by atoms with Crippen molar-refractivity contribution in [2.45, 2.75) is 59.0 Å². The molecule has 1 fully saturated rings. The van der Waals surface area contributed by atoms with E-state index in [1.165, 1.54) is 0 Å². The molecule has 1 aliphatic carbocycles. The molecule has 1 aromatic carbocycles. The van der Waals surface area contributed by atoms with Gasteiger partial charge in [-0.15, -0.1) is 0 Å². The average Bonchev–Trinajstić information content (AvgIpc) is 2.56. The maximum atomic E-state index is 12.4. The number of phenols is 1. The van der Waals surface area contributed by atoms with Gasteiger partial charge in [-0.05, 0) is 70.9 Å². The molecule has 0 bridgehead atoms. The number of amides is 2. The maximum absolute atomic E-state index is 12.4. The zero-order chi connectivity index (χ0) is 19.3. The van der Waals surface area contributed by atoms with Crippen molar-refractivity contribution in [3.05, 3.63) is 23.8 Å². The highest BCUT2D eigenvalue weighted by Crippen LogP contribution is 2.31. The minimum Gasteiger partial charge on any atom is -0.505 e. The summed E-state index contributed by atoms with van der Waals surface area (Å²) in [4.78, 5) is 24.2. The Morgan fingerprint density at radius 3 is 2.46 bits per heavy atom. The summed E-state index contributed by atoms with van der Waals surface area (Å²) in [5.41, 5.74) is 0.699. The van der Waals surface area contributed by atoms with Crippen molar-refractivity contribution in [2.24, 2.45) is 11.8 Å². The maximum Gasteiger partial charge on any atom is 0.407 e. The fraction of sp³-hybridized carbons (Fsp3) is 0.600. The van der Waals surface area contributed by atoms with E-state index < -0.39 is 11.7 Å². The van der Waals surface area contributed by atoms with Crippen LogP contribution in [0.3, 0.4) is 0 Å². The molecule has 26 heavy (non-hydrogen) atoms. The van der Waals surface area contributed by atoms with Crippen molar-refractivity contribution < 1.29 is 19.4 Å². The molecule has 0 aliphatic heterocycles. The zero-order valence-electron chi connectivity index (χ0n) is 16.1. The Labute approximate surface area is 155 Å². The highest BCUT2D eigenvalue weighted by molar-refractivity contribution is 5.94. The Hall–Kier alpha value is -2.24. The van der Waals surface area contributed by atoms with Gasteiger partial charge in [-0.1, -0.05) is 12.1 Å². The van der Waals surface area contributed by atoms with E-state index in [0.29, 0.717) is 18.2 Å². The average molecular weight is 362 g/mol. The monoisotopic (exact) mass is 362 g/mol. The van der Waals surface area contributed by atoms with Crippen molar-refractivity contribution in [3.63, 3.8) is 0 Å². The molecule has 6 heteroatoms. The summed E-state index contributed by atoms with van der Waals surface area (Å²) in [5, 5.41) is 15.7. The summed E-state index contributed by atoms with van der Waals surface area (Å²) in [6.45, 7) is 7.88. The number of anilines is 1. The van der Waals surface area contributed by atoms with E-state index in [1.54, 1.807) is 19.1 Å². The Balaban J connectivity index is 1.76. The van der Waals surface area contributed by atoms with Gasteiger partial charge in [0.2, 0.25) is 5.91 Å². The minimum atomic E-state index is -0.499. The lowest BCUT2D eigenvalue weighted by atomic mass is 9.81. The molecule has 0 radical (unpaired) electrons. The van der Waals surface area contributed by atoms with Crippen LogP contribution in [-0.2, 0) is 9.53 Å². The number of hydrogen-bond acceptors (Lipinski definition) is 4. The third-order valence-electron chi connectivity index (χ3n) is 4.65. The first kappa shape index (κ1) is 20.1. The van der Waals surface area contributed by atoms with Gasteiger partial charge in [0.1, 0.15) is 11.4 Å². The molecule has 1 saturated carbocycles. The van der Waals surface area contributed by atoms with Gasteiger partial charge >= 0.3 is 6.09 Å². The molecule has 0 heterocycles. The third-order valence-corrected chi connectivity index (χ3v) is 4.65. The predicted octanol–water partition coefficient (Wildman–Crippen LogP) is 3.97. The minimum absolute atomic E-state index is 0.0514. The Morgan fingerprint density at radius 2 is 1.85 bits per heavy atom. The number of aryl methyl sites for hydroxylation is 1. The standard InChI is InChI=1S/C20H30N2O4/c1-13-6-5-7-16(17(13)23)22-18(24)15-10-8-14(9-11-15)12-21-19(25)26-20(2,3)4/h5-7,14-15,23H,8-12H2,1-4H3,(H,21,25)(H,22,24). The number of benzene rings is 1. The molecule has 0 saturated heterocycles. The molecule has 0 spiro atoms. The molecule has 0 aromatic heterocycles. The first-order valence-electron chi connectivity index (χ1n) is 9.22. The zero-order valence-corrected chi connectivity index (χ0v) is 16.1. The molecule has 0 unspecified atom stereocenters. The lowest BCUT2D eigenvalue weighted by Gasteiger charge is -2.28. The molecule has 6 nitrogen and oxygen atoms in total. The van der Waals surface area contributed by atoms with Gasteiger partial charge < -0.3 is 20.5 Å². The smallest absolute Gasteiger partial charge is 0.407 e. The van der Waals surface area contributed by atoms with Gasteiger partial charge in [-0.3, -0.25) is 4.79 Å². The molecule has 2 amide bonds. The van der Waals surface area contributed by atoms with E-state index in [0.717, 1.165) is 31.2 Å². The highest BCUT2D eigenvalue weighted by Gasteiger charge is 2.27. The number of rotatable bonds is 4. The van der Waals surface area contributed by atoms with Gasteiger partial charge in [0, 0.05) is 12.5 Å². The number of aromatic hydroxyl groups is 1. The molecule has 1 aliphatic rings. The van der Waals surface area contributed by atoms with E-state index >= 15 is 0 Å². The summed E-state index contributed by atoms with van der Waals surface area (Å²) in [6.07, 6.45) is 2.92. The number of carbonyl (C=O) groups is 2. The second-order valence-electron chi connectivity index (χ2n) is 8.06. The molecular formula is C20H30N2O4. The lowest BCUT2D eigenvalue weighted by molar-refractivity contribution is -0.121. The van der Waals surface area contributed by atoms with Crippen LogP contribution >= 0.6 is 0 Å². The van der Waals surface area contributed by atoms with Gasteiger partial charge in [0.25, 0.3) is 0 Å². The first-order chi connectivity index (χ1) is 12.2. The molecular weight excluding hydrogens is 332 g/mol. The summed E-state index contributed by atoms with van der Waals surface area (Å²) in [7, 11) is 0. The molecule has 0 atom stereocenters. The van der Waals surface area contributed by atoms with Gasteiger partial charge in [0.15, 0.2) is 0 Å². The fourth-order valence-corrected chi connectivity index (χ4v) is 3.17. The molecule has 144 valence electrons. The van der Waals surface area contributed by atoms with Crippen LogP contribution in [-0.4, -0.2) is 29.3 Å². The Kier molecular flexibility index (Phi) is 6.51. The highest BCUT2D eigenvalue weighted by atomic mass is 16.6. The van der Waals surface area contributed by atoms with Crippen LogP contribution in [0.5, 0.6) is 5.75 Å². The van der Waals surface area contributed by atoms with Crippen LogP contribution < -0.4 is 10.6 Å². The van der Waals surface area contributed by atoms with Gasteiger partial charge in [-0.25, -0.2) is 4.79 Å². The first-order valence-corrected chi connectivity index (χ1v) is 9.22. The summed E-state index contributed by atoms with van der Waals surface area (Å²) < 4.78 is 5.24. The quantitative estimate of drug-likeness (QED) is 0.707. The van der Waals surface area contributed by atoms with Crippen molar-refractivity contribution in [3.8, 4) is 5.75 Å². The molecule has 2 rings (SSSR count). The van der Waals surface area contributed by atoms with E-state index in [1.807, 2.05) is 26.8 Å². The van der Waals surface area contributed by atoms with E-state index in [2.05, 4.69) is 10.6 Å². The van der Waals surface area contributed by atoms with E-state index in [4.69, 9.17) is 4.74 Å². The van der Waals surface area contributed by atoms with Crippen LogP contribution in [0.25, 0.3) is 0 Å². The van der Waals surface area contributed by atoms with Crippen LogP contribution in [0.15, 0.2) is 18.2 Å². The van der Waals surface area contributed by atoms with E-state index in [-0.39, 0.29) is 17.6 Å². The van der Waals surface area contributed by atoms with Gasteiger partial charge in [-0.2, -0.15) is 0 Å². The largest absolute Gasteiger partial charge is 0.505 e. The molecule has 1 aromatic rings. The normalized spacial score (nSPS) is 20.3. The second kappa shape index (κ2) is 8.43. The Bertz CT molecular complexity index is 644. The van der Waals surface area contributed by atoms with Crippen LogP contribution in [0, 0.1) is 18.8 Å². The van der Waals surface area contributed by atoms with Crippen LogP contribution in [0.2, 0.25) is 0 Å². The summed E-state index contributed by atoms with van der Waals surface area (Å²) >= 11 is 0. The topological polar surface area (TPSA) is 87.7 Å². The number of para-hydroxylation sites is 1. The number of hydrogen-bond donors (Lipinski definition) is 3. The number of carbonyl (C=O) groups excluding carboxylic acids is 2. The Morgan fingerprint density at radius 1 is 1.19 bits per heavy atom. The summed E-state index contributed by atoms with van der Waals surface area (Å²) in [6, 6.07) is 5.31. The summed E-state index contributed by atoms with van der Waals surface area (Å²) in [5.74, 6) is 0.368. The third kappa shape index (κ3) is 5.93. The molecule has 3 N–H and O–H groups in total. The van der Waals surface area contributed by atoms with Crippen molar-refractivity contribution in [1.82, 2.24) is 5.32 Å². The number of phenolic OH excluding ortho intramolecular Hbond substituents is 1.